The SMILES string of the molecule is CC(=O)Nc1ccc(N(C(=O)C(C)C)C2CCOCC2)cc1. The van der Waals surface area contributed by atoms with E-state index in [9.17, 15) is 9.59 Å². The number of rotatable bonds is 4. The second kappa shape index (κ2) is 7.40. The van der Waals surface area contributed by atoms with E-state index in [1.165, 1.54) is 6.92 Å². The third kappa shape index (κ3) is 4.07. The van der Waals surface area contributed by atoms with Gasteiger partial charge in [0.1, 0.15) is 0 Å². The third-order valence-electron chi connectivity index (χ3n) is 3.75. The van der Waals surface area contributed by atoms with Crippen molar-refractivity contribution >= 4 is 23.2 Å². The third-order valence-corrected chi connectivity index (χ3v) is 3.75. The summed E-state index contributed by atoms with van der Waals surface area (Å²) in [6.45, 7) is 6.69. The lowest BCUT2D eigenvalue weighted by atomic mass is 10.0. The minimum absolute atomic E-state index is 0.0575. The van der Waals surface area contributed by atoms with Crippen LogP contribution in [0.1, 0.15) is 33.6 Å². The molecule has 5 heteroatoms. The molecule has 1 N–H and O–H groups in total. The lowest BCUT2D eigenvalue weighted by Crippen LogP contribution is -2.45. The van der Waals surface area contributed by atoms with Crippen LogP contribution in [0.2, 0.25) is 0 Å². The number of nitrogens with one attached hydrogen (secondary N) is 1. The maximum Gasteiger partial charge on any atom is 0.229 e. The van der Waals surface area contributed by atoms with Crippen LogP contribution in [0.4, 0.5) is 11.4 Å². The minimum Gasteiger partial charge on any atom is -0.381 e. The second-order valence-corrected chi connectivity index (χ2v) is 5.93. The zero-order chi connectivity index (χ0) is 16.1. The van der Waals surface area contributed by atoms with Crippen LogP contribution in [-0.4, -0.2) is 31.1 Å². The smallest absolute Gasteiger partial charge is 0.229 e. The maximum atomic E-state index is 12.6. The van der Waals surface area contributed by atoms with Gasteiger partial charge in [0.25, 0.3) is 0 Å². The Bertz CT molecular complexity index is 519. The van der Waals surface area contributed by atoms with Crippen LogP contribution in [0.15, 0.2) is 24.3 Å². The summed E-state index contributed by atoms with van der Waals surface area (Å²) in [5.41, 5.74) is 1.61. The normalized spacial score (nSPS) is 15.6. The summed E-state index contributed by atoms with van der Waals surface area (Å²) >= 11 is 0. The van der Waals surface area contributed by atoms with Crippen molar-refractivity contribution in [2.75, 3.05) is 23.4 Å². The summed E-state index contributed by atoms with van der Waals surface area (Å²) in [6, 6.07) is 7.62. The van der Waals surface area contributed by atoms with E-state index in [1.54, 1.807) is 0 Å². The van der Waals surface area contributed by atoms with Crippen molar-refractivity contribution in [1.82, 2.24) is 0 Å². The molecule has 1 aliphatic heterocycles. The van der Waals surface area contributed by atoms with Crippen molar-refractivity contribution in [3.8, 4) is 0 Å². The lowest BCUT2D eigenvalue weighted by molar-refractivity contribution is -0.122. The summed E-state index contributed by atoms with van der Waals surface area (Å²) in [5, 5.41) is 2.74. The first-order chi connectivity index (χ1) is 10.5. The molecule has 0 aromatic heterocycles. The Hall–Kier alpha value is -1.88. The highest BCUT2D eigenvalue weighted by Gasteiger charge is 2.28. The maximum absolute atomic E-state index is 12.6. The number of anilines is 2. The Morgan fingerprint density at radius 1 is 1.18 bits per heavy atom. The second-order valence-electron chi connectivity index (χ2n) is 5.93. The molecule has 1 aromatic carbocycles. The van der Waals surface area contributed by atoms with Crippen LogP contribution < -0.4 is 10.2 Å². The topological polar surface area (TPSA) is 58.6 Å². The number of hydrogen-bond donors (Lipinski definition) is 1. The molecule has 1 fully saturated rings. The Labute approximate surface area is 131 Å². The van der Waals surface area contributed by atoms with E-state index >= 15 is 0 Å². The van der Waals surface area contributed by atoms with Crippen LogP contribution in [0.5, 0.6) is 0 Å². The average molecular weight is 304 g/mol. The molecule has 0 bridgehead atoms. The zero-order valence-electron chi connectivity index (χ0n) is 13.5. The van der Waals surface area contributed by atoms with E-state index < -0.39 is 0 Å². The van der Waals surface area contributed by atoms with Crippen molar-refractivity contribution in [2.24, 2.45) is 5.92 Å². The minimum atomic E-state index is -0.104. The monoisotopic (exact) mass is 304 g/mol. The molecule has 5 nitrogen and oxygen atoms in total. The van der Waals surface area contributed by atoms with Crippen LogP contribution in [-0.2, 0) is 14.3 Å². The van der Waals surface area contributed by atoms with Crippen LogP contribution in [0.25, 0.3) is 0 Å². The summed E-state index contributed by atoms with van der Waals surface area (Å²) in [4.78, 5) is 25.6. The number of ether oxygens (including phenoxy) is 1. The van der Waals surface area contributed by atoms with E-state index in [0.717, 1.165) is 24.2 Å². The molecule has 1 saturated heterocycles. The van der Waals surface area contributed by atoms with Gasteiger partial charge in [0.2, 0.25) is 11.8 Å². The van der Waals surface area contributed by atoms with E-state index in [1.807, 2.05) is 43.0 Å². The molecule has 0 aliphatic carbocycles. The zero-order valence-corrected chi connectivity index (χ0v) is 13.5. The number of amides is 2. The first-order valence-electron chi connectivity index (χ1n) is 7.77. The number of hydrogen-bond acceptors (Lipinski definition) is 3. The Kier molecular flexibility index (Phi) is 5.55. The van der Waals surface area contributed by atoms with Crippen molar-refractivity contribution in [1.29, 1.82) is 0 Å². The van der Waals surface area contributed by atoms with E-state index in [0.29, 0.717) is 13.2 Å². The first kappa shape index (κ1) is 16.5. The standard InChI is InChI=1S/C17H24N2O3/c1-12(2)17(21)19(16-8-10-22-11-9-16)15-6-4-14(5-7-15)18-13(3)20/h4-7,12,16H,8-11H2,1-3H3,(H,18,20). The van der Waals surface area contributed by atoms with E-state index in [-0.39, 0.29) is 23.8 Å². The van der Waals surface area contributed by atoms with Crippen LogP contribution in [0, 0.1) is 5.92 Å². The first-order valence-corrected chi connectivity index (χ1v) is 7.77. The van der Waals surface area contributed by atoms with Gasteiger partial charge < -0.3 is 15.0 Å². The molecule has 22 heavy (non-hydrogen) atoms. The molecule has 2 rings (SSSR count). The Morgan fingerprint density at radius 2 is 1.77 bits per heavy atom. The number of carbonyl (C=O) groups excluding carboxylic acids is 2. The van der Waals surface area contributed by atoms with Gasteiger partial charge in [0.15, 0.2) is 0 Å². The summed E-state index contributed by atoms with van der Waals surface area (Å²) < 4.78 is 5.40. The van der Waals surface area contributed by atoms with Crippen molar-refractivity contribution in [3.05, 3.63) is 24.3 Å². The molecule has 120 valence electrons. The van der Waals surface area contributed by atoms with Gasteiger partial charge in [-0.3, -0.25) is 9.59 Å². The van der Waals surface area contributed by atoms with Crippen LogP contribution >= 0.6 is 0 Å². The quantitative estimate of drug-likeness (QED) is 0.930. The molecule has 1 aliphatic rings. The number of benzene rings is 1. The van der Waals surface area contributed by atoms with Gasteiger partial charge in [-0.1, -0.05) is 13.8 Å². The molecular formula is C17H24N2O3. The Morgan fingerprint density at radius 3 is 2.27 bits per heavy atom. The van der Waals surface area contributed by atoms with Gasteiger partial charge in [0, 0.05) is 43.5 Å². The lowest BCUT2D eigenvalue weighted by Gasteiger charge is -2.35. The molecule has 1 aromatic rings. The van der Waals surface area contributed by atoms with Crippen LogP contribution in [0.3, 0.4) is 0 Å². The number of carbonyl (C=O) groups is 2. The fourth-order valence-electron chi connectivity index (χ4n) is 2.65. The highest BCUT2D eigenvalue weighted by atomic mass is 16.5. The largest absolute Gasteiger partial charge is 0.381 e. The Balaban J connectivity index is 2.23. The molecule has 0 atom stereocenters. The summed E-state index contributed by atoms with van der Waals surface area (Å²) in [5.74, 6) is -0.0377. The molecule has 1 heterocycles. The number of nitrogens with zero attached hydrogens (tertiary/aromatic N) is 1. The average Bonchev–Trinajstić information content (AvgIpc) is 2.49. The van der Waals surface area contributed by atoms with Crippen molar-refractivity contribution < 1.29 is 14.3 Å². The highest BCUT2D eigenvalue weighted by molar-refractivity contribution is 5.96. The predicted molar refractivity (Wildman–Crippen MR) is 86.9 cm³/mol. The molecule has 0 radical (unpaired) electrons. The van der Waals surface area contributed by atoms with Gasteiger partial charge in [0.05, 0.1) is 0 Å². The molecule has 0 spiro atoms. The van der Waals surface area contributed by atoms with Gasteiger partial charge >= 0.3 is 0 Å². The van der Waals surface area contributed by atoms with E-state index in [4.69, 9.17) is 4.74 Å². The highest BCUT2D eigenvalue weighted by Crippen LogP contribution is 2.26. The molecule has 0 saturated carbocycles. The van der Waals surface area contributed by atoms with Gasteiger partial charge in [-0.2, -0.15) is 0 Å². The van der Waals surface area contributed by atoms with Crippen molar-refractivity contribution in [3.63, 3.8) is 0 Å². The molecule has 2 amide bonds. The predicted octanol–water partition coefficient (Wildman–Crippen LogP) is 2.81. The fraction of sp³-hybridized carbons (Fsp3) is 0.529. The summed E-state index contributed by atoms with van der Waals surface area (Å²) in [6.07, 6.45) is 1.71. The van der Waals surface area contributed by atoms with E-state index in [2.05, 4.69) is 5.32 Å². The van der Waals surface area contributed by atoms with Gasteiger partial charge in [-0.05, 0) is 37.1 Å². The van der Waals surface area contributed by atoms with Crippen molar-refractivity contribution in [2.45, 2.75) is 39.7 Å². The molecular weight excluding hydrogens is 280 g/mol. The fourth-order valence-corrected chi connectivity index (χ4v) is 2.65. The summed E-state index contributed by atoms with van der Waals surface area (Å²) in [7, 11) is 0. The molecule has 0 unspecified atom stereocenters. The van der Waals surface area contributed by atoms with Gasteiger partial charge in [-0.15, -0.1) is 0 Å². The van der Waals surface area contributed by atoms with Gasteiger partial charge in [-0.25, -0.2) is 0 Å².